The van der Waals surface area contributed by atoms with Crippen molar-refractivity contribution in [3.63, 3.8) is 0 Å². The van der Waals surface area contributed by atoms with Crippen molar-refractivity contribution in [3.8, 4) is 11.5 Å². The van der Waals surface area contributed by atoms with E-state index in [2.05, 4.69) is 19.2 Å². The first-order valence-corrected chi connectivity index (χ1v) is 8.46. The fourth-order valence-electron chi connectivity index (χ4n) is 3.96. The summed E-state index contributed by atoms with van der Waals surface area (Å²) in [5.41, 5.74) is 3.76. The van der Waals surface area contributed by atoms with Crippen molar-refractivity contribution in [2.24, 2.45) is 0 Å². The molecule has 0 radical (unpaired) electrons. The lowest BCUT2D eigenvalue weighted by Crippen LogP contribution is -2.28. The number of nitrogens with one attached hydrogen (secondary N) is 1. The highest BCUT2D eigenvalue weighted by atomic mass is 35.5. The maximum atomic E-state index is 6.62. The molecule has 4 heteroatoms. The molecule has 1 saturated heterocycles. The third-order valence-corrected chi connectivity index (χ3v) is 5.26. The van der Waals surface area contributed by atoms with Crippen LogP contribution in [0.4, 0.5) is 0 Å². The van der Waals surface area contributed by atoms with Crippen LogP contribution >= 0.6 is 11.6 Å². The molecule has 3 aliphatic heterocycles. The van der Waals surface area contributed by atoms with Crippen molar-refractivity contribution in [2.75, 3.05) is 6.54 Å². The van der Waals surface area contributed by atoms with Gasteiger partial charge in [0.25, 0.3) is 0 Å². The molecular formula is C17H22ClNO2. The summed E-state index contributed by atoms with van der Waals surface area (Å²) in [6.07, 6.45) is 5.95. The number of piperidine rings is 1. The van der Waals surface area contributed by atoms with Gasteiger partial charge < -0.3 is 14.8 Å². The minimum Gasteiger partial charge on any atom is -0.490 e. The lowest BCUT2D eigenvalue weighted by molar-refractivity contribution is 0.248. The molecule has 0 amide bonds. The molecule has 21 heavy (non-hydrogen) atoms. The first kappa shape index (κ1) is 13.7. The maximum Gasteiger partial charge on any atom is 0.142 e. The van der Waals surface area contributed by atoms with Gasteiger partial charge >= 0.3 is 0 Å². The topological polar surface area (TPSA) is 30.5 Å². The van der Waals surface area contributed by atoms with Gasteiger partial charge in [-0.15, -0.1) is 0 Å². The predicted molar refractivity (Wildman–Crippen MR) is 83.6 cm³/mol. The number of hydrogen-bond acceptors (Lipinski definition) is 3. The Morgan fingerprint density at radius 3 is 2.43 bits per heavy atom. The third-order valence-electron chi connectivity index (χ3n) is 4.86. The van der Waals surface area contributed by atoms with Crippen molar-refractivity contribution >= 4 is 11.6 Å². The molecule has 0 bridgehead atoms. The predicted octanol–water partition coefficient (Wildman–Crippen LogP) is 3.80. The number of halogens is 1. The van der Waals surface area contributed by atoms with Gasteiger partial charge in [-0.05, 0) is 33.2 Å². The smallest absolute Gasteiger partial charge is 0.142 e. The molecule has 0 aliphatic carbocycles. The van der Waals surface area contributed by atoms with Gasteiger partial charge in [0, 0.05) is 35.6 Å². The standard InChI is InChI=1S/C17H22ClNO2/c1-9-7-11-14(13-5-3-4-6-19-13)16-12(8-10(2)20-16)15(18)17(11)21-9/h9-10,13,19H,3-8H2,1-2H3. The van der Waals surface area contributed by atoms with Crippen LogP contribution in [0.15, 0.2) is 0 Å². The Hall–Kier alpha value is -0.930. The summed E-state index contributed by atoms with van der Waals surface area (Å²) in [5.74, 6) is 1.96. The molecule has 1 N–H and O–H groups in total. The Kier molecular flexibility index (Phi) is 3.31. The summed E-state index contributed by atoms with van der Waals surface area (Å²) in [4.78, 5) is 0. The van der Waals surface area contributed by atoms with Gasteiger partial charge in [0.05, 0.1) is 5.02 Å². The second kappa shape index (κ2) is 5.06. The second-order valence-electron chi connectivity index (χ2n) is 6.61. The molecule has 4 rings (SSSR count). The zero-order chi connectivity index (χ0) is 14.6. The maximum absolute atomic E-state index is 6.62. The molecule has 0 saturated carbocycles. The first-order valence-electron chi connectivity index (χ1n) is 8.09. The van der Waals surface area contributed by atoms with E-state index >= 15 is 0 Å². The van der Waals surface area contributed by atoms with Crippen LogP contribution in [0.5, 0.6) is 11.5 Å². The van der Waals surface area contributed by atoms with E-state index in [1.54, 1.807) is 0 Å². The lowest BCUT2D eigenvalue weighted by Gasteiger charge is -2.27. The summed E-state index contributed by atoms with van der Waals surface area (Å²) in [6.45, 7) is 5.31. The van der Waals surface area contributed by atoms with Gasteiger partial charge in [0.1, 0.15) is 23.7 Å². The van der Waals surface area contributed by atoms with Gasteiger partial charge in [-0.1, -0.05) is 18.0 Å². The number of rotatable bonds is 1. The molecular weight excluding hydrogens is 286 g/mol. The Balaban J connectivity index is 1.88. The van der Waals surface area contributed by atoms with Crippen molar-refractivity contribution in [2.45, 2.75) is 64.2 Å². The summed E-state index contributed by atoms with van der Waals surface area (Å²) in [5, 5.41) is 4.45. The molecule has 1 aromatic carbocycles. The number of hydrogen-bond donors (Lipinski definition) is 1. The molecule has 3 nitrogen and oxygen atoms in total. The minimum atomic E-state index is 0.208. The van der Waals surface area contributed by atoms with Gasteiger partial charge in [-0.3, -0.25) is 0 Å². The highest BCUT2D eigenvalue weighted by Gasteiger charge is 2.37. The molecule has 114 valence electrons. The fraction of sp³-hybridized carbons (Fsp3) is 0.647. The van der Waals surface area contributed by atoms with E-state index in [9.17, 15) is 0 Å². The molecule has 0 spiro atoms. The Morgan fingerprint density at radius 1 is 1.00 bits per heavy atom. The molecule has 1 aromatic rings. The van der Waals surface area contributed by atoms with E-state index in [1.165, 1.54) is 30.4 Å². The van der Waals surface area contributed by atoms with Gasteiger partial charge in [-0.25, -0.2) is 0 Å². The summed E-state index contributed by atoms with van der Waals surface area (Å²) in [7, 11) is 0. The SMILES string of the molecule is CC1Cc2c(c(Cl)c3c(c2C2CCCCN2)OC(C)C3)O1. The van der Waals surface area contributed by atoms with Gasteiger partial charge in [-0.2, -0.15) is 0 Å². The average molecular weight is 308 g/mol. The van der Waals surface area contributed by atoms with Crippen LogP contribution in [-0.2, 0) is 12.8 Å². The van der Waals surface area contributed by atoms with Crippen LogP contribution in [0.1, 0.15) is 55.8 Å². The van der Waals surface area contributed by atoms with Gasteiger partial charge in [0.2, 0.25) is 0 Å². The van der Waals surface area contributed by atoms with E-state index in [-0.39, 0.29) is 12.2 Å². The van der Waals surface area contributed by atoms with Crippen molar-refractivity contribution in [3.05, 3.63) is 21.7 Å². The Bertz CT molecular complexity index is 542. The third kappa shape index (κ3) is 2.13. The molecule has 0 aromatic heterocycles. The zero-order valence-corrected chi connectivity index (χ0v) is 13.4. The van der Waals surface area contributed by atoms with E-state index < -0.39 is 0 Å². The van der Waals surface area contributed by atoms with Crippen molar-refractivity contribution in [1.29, 1.82) is 0 Å². The van der Waals surface area contributed by atoms with E-state index in [1.807, 2.05) is 0 Å². The zero-order valence-electron chi connectivity index (χ0n) is 12.7. The first-order chi connectivity index (χ1) is 10.1. The second-order valence-corrected chi connectivity index (χ2v) is 6.99. The van der Waals surface area contributed by atoms with Crippen LogP contribution in [-0.4, -0.2) is 18.8 Å². The molecule has 3 heterocycles. The van der Waals surface area contributed by atoms with E-state index in [0.29, 0.717) is 6.04 Å². The molecule has 1 fully saturated rings. The highest BCUT2D eigenvalue weighted by molar-refractivity contribution is 6.33. The molecule has 3 unspecified atom stereocenters. The average Bonchev–Trinajstić information content (AvgIpc) is 3.03. The van der Waals surface area contributed by atoms with Crippen LogP contribution in [0.2, 0.25) is 5.02 Å². The number of ether oxygens (including phenoxy) is 2. The normalized spacial score (nSPS) is 30.5. The number of fused-ring (bicyclic) bond motifs is 2. The van der Waals surface area contributed by atoms with Crippen molar-refractivity contribution in [1.82, 2.24) is 5.32 Å². The lowest BCUT2D eigenvalue weighted by atomic mass is 9.89. The van der Waals surface area contributed by atoms with Crippen LogP contribution in [0.3, 0.4) is 0 Å². The van der Waals surface area contributed by atoms with E-state index in [0.717, 1.165) is 41.5 Å². The Labute approximate surface area is 131 Å². The van der Waals surface area contributed by atoms with Crippen LogP contribution < -0.4 is 14.8 Å². The summed E-state index contributed by atoms with van der Waals surface area (Å²) >= 11 is 6.62. The molecule has 3 atom stereocenters. The fourth-order valence-corrected chi connectivity index (χ4v) is 4.28. The largest absolute Gasteiger partial charge is 0.490 e. The van der Waals surface area contributed by atoms with Crippen LogP contribution in [0, 0.1) is 0 Å². The minimum absolute atomic E-state index is 0.208. The molecule has 3 aliphatic rings. The van der Waals surface area contributed by atoms with E-state index in [4.69, 9.17) is 21.1 Å². The van der Waals surface area contributed by atoms with Crippen molar-refractivity contribution < 1.29 is 9.47 Å². The highest BCUT2D eigenvalue weighted by Crippen LogP contribution is 2.51. The van der Waals surface area contributed by atoms with Gasteiger partial charge in [0.15, 0.2) is 0 Å². The number of benzene rings is 1. The van der Waals surface area contributed by atoms with Crippen LogP contribution in [0.25, 0.3) is 0 Å². The Morgan fingerprint density at radius 2 is 1.71 bits per heavy atom. The summed E-state index contributed by atoms with van der Waals surface area (Å²) in [6, 6.07) is 0.387. The summed E-state index contributed by atoms with van der Waals surface area (Å²) < 4.78 is 12.2. The monoisotopic (exact) mass is 307 g/mol. The quantitative estimate of drug-likeness (QED) is 0.856.